The topological polar surface area (TPSA) is 101 Å². The summed E-state index contributed by atoms with van der Waals surface area (Å²) < 4.78 is 5.32. The number of carbonyl (C=O) groups excluding carboxylic acids is 1. The Labute approximate surface area is 123 Å². The van der Waals surface area contributed by atoms with E-state index >= 15 is 0 Å². The molecule has 21 heavy (non-hydrogen) atoms. The van der Waals surface area contributed by atoms with Crippen LogP contribution in [0.5, 0.6) is 0 Å². The summed E-state index contributed by atoms with van der Waals surface area (Å²) in [5.41, 5.74) is 5.44. The van der Waals surface area contributed by atoms with Crippen LogP contribution in [-0.2, 0) is 17.8 Å². The highest BCUT2D eigenvalue weighted by molar-refractivity contribution is 5.76. The molecule has 114 valence electrons. The predicted molar refractivity (Wildman–Crippen MR) is 78.1 cm³/mol. The first-order chi connectivity index (χ1) is 10.2. The second kappa shape index (κ2) is 7.47. The van der Waals surface area contributed by atoms with Gasteiger partial charge in [-0.2, -0.15) is 4.98 Å². The fourth-order valence-corrected chi connectivity index (χ4v) is 2.04. The Morgan fingerprint density at radius 1 is 1.52 bits per heavy atom. The standard InChI is InChI=1S/C14H21N5O2/c1-2-3-8-19(10-11-5-4-9-21-11)13(20)7-6-12-16-14(15)18-17-12/h4-5,9H,2-3,6-8,10H2,1H3,(H3,15,16,17,18). The van der Waals surface area contributed by atoms with Gasteiger partial charge in [0, 0.05) is 19.4 Å². The number of nitrogens with two attached hydrogens (primary N) is 1. The second-order valence-electron chi connectivity index (χ2n) is 4.89. The van der Waals surface area contributed by atoms with Crippen LogP contribution in [0.1, 0.15) is 37.8 Å². The van der Waals surface area contributed by atoms with Gasteiger partial charge in [-0.1, -0.05) is 13.3 Å². The SMILES string of the molecule is CCCCN(Cc1ccco1)C(=O)CCc1nc(N)n[nH]1. The van der Waals surface area contributed by atoms with Gasteiger partial charge in [-0.25, -0.2) is 0 Å². The zero-order valence-corrected chi connectivity index (χ0v) is 12.2. The molecule has 0 spiro atoms. The molecule has 0 unspecified atom stereocenters. The number of aromatic nitrogens is 3. The zero-order chi connectivity index (χ0) is 15.1. The number of nitrogen functional groups attached to an aromatic ring is 1. The van der Waals surface area contributed by atoms with Crippen molar-refractivity contribution in [3.05, 3.63) is 30.0 Å². The minimum atomic E-state index is 0.0785. The molecule has 1 amide bonds. The molecule has 0 aliphatic carbocycles. The lowest BCUT2D eigenvalue weighted by Gasteiger charge is -2.21. The summed E-state index contributed by atoms with van der Waals surface area (Å²) in [6.07, 6.45) is 4.51. The van der Waals surface area contributed by atoms with E-state index < -0.39 is 0 Å². The third kappa shape index (κ3) is 4.62. The lowest BCUT2D eigenvalue weighted by Crippen LogP contribution is -2.31. The van der Waals surface area contributed by atoms with E-state index in [1.165, 1.54) is 0 Å². The van der Waals surface area contributed by atoms with Crippen molar-refractivity contribution in [1.82, 2.24) is 20.1 Å². The number of nitrogens with zero attached hydrogens (tertiary/aromatic N) is 3. The molecule has 0 aromatic carbocycles. The molecule has 7 heteroatoms. The van der Waals surface area contributed by atoms with E-state index in [9.17, 15) is 4.79 Å². The van der Waals surface area contributed by atoms with Gasteiger partial charge in [0.2, 0.25) is 11.9 Å². The normalized spacial score (nSPS) is 10.7. The molecule has 0 saturated carbocycles. The number of aromatic amines is 1. The lowest BCUT2D eigenvalue weighted by molar-refractivity contribution is -0.132. The van der Waals surface area contributed by atoms with Gasteiger partial charge in [0.05, 0.1) is 12.8 Å². The molecule has 7 nitrogen and oxygen atoms in total. The number of unbranched alkanes of at least 4 members (excludes halogenated alkanes) is 1. The molecule has 0 radical (unpaired) electrons. The predicted octanol–water partition coefficient (Wildman–Crippen LogP) is 1.74. The number of anilines is 1. The van der Waals surface area contributed by atoms with Gasteiger partial charge in [-0.05, 0) is 18.6 Å². The number of H-pyrrole nitrogens is 1. The van der Waals surface area contributed by atoms with Crippen LogP contribution in [0.2, 0.25) is 0 Å². The number of aryl methyl sites for hydroxylation is 1. The fraction of sp³-hybridized carbons (Fsp3) is 0.500. The Bertz CT molecular complexity index is 549. The maximum atomic E-state index is 12.3. The fourth-order valence-electron chi connectivity index (χ4n) is 2.04. The van der Waals surface area contributed by atoms with Crippen LogP contribution in [0.3, 0.4) is 0 Å². The first-order valence-corrected chi connectivity index (χ1v) is 7.16. The Hall–Kier alpha value is -2.31. The summed E-state index contributed by atoms with van der Waals surface area (Å²) in [6.45, 7) is 3.34. The molecule has 2 heterocycles. The quantitative estimate of drug-likeness (QED) is 0.771. The van der Waals surface area contributed by atoms with Gasteiger partial charge in [0.1, 0.15) is 11.6 Å². The molecule has 3 N–H and O–H groups in total. The van der Waals surface area contributed by atoms with E-state index in [4.69, 9.17) is 10.2 Å². The highest BCUT2D eigenvalue weighted by Crippen LogP contribution is 2.10. The molecule has 2 aromatic heterocycles. The lowest BCUT2D eigenvalue weighted by atomic mass is 10.2. The Morgan fingerprint density at radius 3 is 3.00 bits per heavy atom. The van der Waals surface area contributed by atoms with Crippen molar-refractivity contribution in [2.45, 2.75) is 39.2 Å². The van der Waals surface area contributed by atoms with Crippen LogP contribution in [-0.4, -0.2) is 32.5 Å². The van der Waals surface area contributed by atoms with Crippen molar-refractivity contribution < 1.29 is 9.21 Å². The average Bonchev–Trinajstić information content (AvgIpc) is 3.12. The van der Waals surface area contributed by atoms with Crippen LogP contribution in [0.25, 0.3) is 0 Å². The minimum Gasteiger partial charge on any atom is -0.467 e. The van der Waals surface area contributed by atoms with Gasteiger partial charge in [-0.3, -0.25) is 9.89 Å². The highest BCUT2D eigenvalue weighted by atomic mass is 16.3. The molecule has 2 aromatic rings. The molecule has 0 saturated heterocycles. The van der Waals surface area contributed by atoms with Crippen molar-refractivity contribution in [3.8, 4) is 0 Å². The summed E-state index contributed by atoms with van der Waals surface area (Å²) in [5, 5.41) is 6.46. The maximum absolute atomic E-state index is 12.3. The maximum Gasteiger partial charge on any atom is 0.239 e. The number of rotatable bonds is 8. The van der Waals surface area contributed by atoms with Gasteiger partial charge in [-0.15, -0.1) is 5.10 Å². The highest BCUT2D eigenvalue weighted by Gasteiger charge is 2.15. The third-order valence-corrected chi connectivity index (χ3v) is 3.19. The number of hydrogen-bond acceptors (Lipinski definition) is 5. The van der Waals surface area contributed by atoms with E-state index in [1.54, 1.807) is 6.26 Å². The molecule has 0 aliphatic rings. The molecule has 0 aliphatic heterocycles. The third-order valence-electron chi connectivity index (χ3n) is 3.19. The molecular formula is C14H21N5O2. The summed E-state index contributed by atoms with van der Waals surface area (Å²) in [6, 6.07) is 3.71. The van der Waals surface area contributed by atoms with E-state index in [0.29, 0.717) is 25.2 Å². The molecule has 0 atom stereocenters. The minimum absolute atomic E-state index is 0.0785. The number of furan rings is 1. The van der Waals surface area contributed by atoms with E-state index in [1.807, 2.05) is 17.0 Å². The molecule has 0 fully saturated rings. The largest absolute Gasteiger partial charge is 0.467 e. The monoisotopic (exact) mass is 291 g/mol. The van der Waals surface area contributed by atoms with E-state index in [-0.39, 0.29) is 11.9 Å². The van der Waals surface area contributed by atoms with Crippen LogP contribution < -0.4 is 5.73 Å². The average molecular weight is 291 g/mol. The Balaban J connectivity index is 1.90. The summed E-state index contributed by atoms with van der Waals surface area (Å²) in [5.74, 6) is 1.71. The molecule has 2 rings (SSSR count). The van der Waals surface area contributed by atoms with Crippen molar-refractivity contribution in [2.24, 2.45) is 0 Å². The van der Waals surface area contributed by atoms with Crippen molar-refractivity contribution in [3.63, 3.8) is 0 Å². The van der Waals surface area contributed by atoms with Gasteiger partial charge in [0.25, 0.3) is 0 Å². The van der Waals surface area contributed by atoms with Crippen LogP contribution in [0.15, 0.2) is 22.8 Å². The number of amides is 1. The smallest absolute Gasteiger partial charge is 0.239 e. The van der Waals surface area contributed by atoms with Crippen LogP contribution in [0, 0.1) is 0 Å². The summed E-state index contributed by atoms with van der Waals surface area (Å²) in [7, 11) is 0. The van der Waals surface area contributed by atoms with Gasteiger partial charge >= 0.3 is 0 Å². The Kier molecular flexibility index (Phi) is 5.36. The van der Waals surface area contributed by atoms with Crippen LogP contribution >= 0.6 is 0 Å². The van der Waals surface area contributed by atoms with Crippen molar-refractivity contribution in [2.75, 3.05) is 12.3 Å². The van der Waals surface area contributed by atoms with Crippen molar-refractivity contribution in [1.29, 1.82) is 0 Å². The van der Waals surface area contributed by atoms with Gasteiger partial charge in [0.15, 0.2) is 0 Å². The van der Waals surface area contributed by atoms with Crippen molar-refractivity contribution >= 4 is 11.9 Å². The number of hydrogen-bond donors (Lipinski definition) is 2. The second-order valence-corrected chi connectivity index (χ2v) is 4.89. The van der Waals surface area contributed by atoms with E-state index in [2.05, 4.69) is 22.1 Å². The van der Waals surface area contributed by atoms with E-state index in [0.717, 1.165) is 25.1 Å². The summed E-state index contributed by atoms with van der Waals surface area (Å²) in [4.78, 5) is 18.2. The number of carbonyl (C=O) groups is 1. The van der Waals surface area contributed by atoms with Gasteiger partial charge < -0.3 is 15.1 Å². The molecular weight excluding hydrogens is 270 g/mol. The first kappa shape index (κ1) is 15.1. The summed E-state index contributed by atoms with van der Waals surface area (Å²) >= 11 is 0. The van der Waals surface area contributed by atoms with Crippen LogP contribution in [0.4, 0.5) is 5.95 Å². The number of nitrogens with one attached hydrogen (secondary N) is 1. The zero-order valence-electron chi connectivity index (χ0n) is 12.2. The first-order valence-electron chi connectivity index (χ1n) is 7.16. The molecule has 0 bridgehead atoms. The Morgan fingerprint density at radius 2 is 2.38 bits per heavy atom.